The van der Waals surface area contributed by atoms with Crippen molar-refractivity contribution in [3.05, 3.63) is 60.4 Å². The second kappa shape index (κ2) is 7.83. The van der Waals surface area contributed by atoms with Gasteiger partial charge in [0.05, 0.1) is 24.3 Å². The van der Waals surface area contributed by atoms with E-state index in [0.717, 1.165) is 30.7 Å². The van der Waals surface area contributed by atoms with Gasteiger partial charge in [0.2, 0.25) is 10.0 Å². The van der Waals surface area contributed by atoms with Crippen LogP contribution >= 0.6 is 0 Å². The molecule has 0 amide bonds. The Morgan fingerprint density at radius 1 is 1.15 bits per heavy atom. The Bertz CT molecular complexity index is 959. The highest BCUT2D eigenvalue weighted by atomic mass is 32.2. The minimum absolute atomic E-state index is 0.0736. The zero-order chi connectivity index (χ0) is 19.3. The zero-order valence-electron chi connectivity index (χ0n) is 13.3. The summed E-state index contributed by atoms with van der Waals surface area (Å²) in [4.78, 5) is 10.4. The van der Waals surface area contributed by atoms with Crippen LogP contribution < -0.4 is 14.2 Å². The average molecular weight is 385 g/mol. The quantitative estimate of drug-likeness (QED) is 0.561. The molecule has 0 fully saturated rings. The fraction of sp³-hybridized carbons (Fsp3) is 0.0625. The molecule has 0 unspecified atom stereocenters. The summed E-state index contributed by atoms with van der Waals surface area (Å²) in [7, 11) is -3.71. The number of sulfonamides is 1. The number of hydrogen-bond donors (Lipinski definition) is 2. The van der Waals surface area contributed by atoms with Crippen LogP contribution in [-0.2, 0) is 14.8 Å². The molecule has 2 rings (SSSR count). The largest absolute Gasteiger partial charge is 0.478 e. The van der Waals surface area contributed by atoms with Crippen molar-refractivity contribution in [2.75, 3.05) is 11.0 Å². The first-order chi connectivity index (χ1) is 12.1. The molecule has 7 nitrogen and oxygen atoms in total. The zero-order valence-corrected chi connectivity index (χ0v) is 14.1. The molecule has 0 aliphatic heterocycles. The summed E-state index contributed by atoms with van der Waals surface area (Å²) in [6.07, 6.45) is 2.52. The Balaban J connectivity index is 2.35. The summed E-state index contributed by atoms with van der Waals surface area (Å²) >= 11 is 0. The molecule has 0 saturated carbocycles. The minimum Gasteiger partial charge on any atom is -0.478 e. The highest BCUT2D eigenvalue weighted by Crippen LogP contribution is 2.34. The van der Waals surface area contributed by atoms with Gasteiger partial charge in [0.25, 0.3) is 0 Å². The van der Waals surface area contributed by atoms with Gasteiger partial charge in [0.15, 0.2) is 17.3 Å². The summed E-state index contributed by atoms with van der Waals surface area (Å²) in [6, 6.07) is 6.49. The molecule has 2 aromatic rings. The topological polar surface area (TPSA) is 102 Å². The van der Waals surface area contributed by atoms with Gasteiger partial charge in [-0.3, -0.25) is 4.72 Å². The molecule has 26 heavy (non-hydrogen) atoms. The molecular formula is C16H13F2NO6S. The Labute approximate surface area is 147 Å². The van der Waals surface area contributed by atoms with Gasteiger partial charge >= 0.3 is 5.97 Å². The average Bonchev–Trinajstić information content (AvgIpc) is 2.50. The standard InChI is InChI=1S/C16H13F2NO6S/c1-26(22,23)19-13-9-11(24-7-6-16(20)21)3-5-15(13)25-14-4-2-10(17)8-12(14)18/h2-9,19H,1H3,(H,20,21)/b7-6+. The first-order valence-corrected chi connectivity index (χ1v) is 8.84. The summed E-state index contributed by atoms with van der Waals surface area (Å²) < 4.78 is 62.2. The third-order valence-corrected chi connectivity index (χ3v) is 3.37. The second-order valence-electron chi connectivity index (χ2n) is 4.97. The first-order valence-electron chi connectivity index (χ1n) is 6.95. The number of carboxylic acid groups (broad SMARTS) is 1. The molecule has 0 atom stereocenters. The van der Waals surface area contributed by atoms with E-state index in [1.807, 2.05) is 0 Å². The van der Waals surface area contributed by atoms with Crippen molar-refractivity contribution >= 4 is 21.7 Å². The molecule has 0 radical (unpaired) electrons. The van der Waals surface area contributed by atoms with Gasteiger partial charge < -0.3 is 14.6 Å². The van der Waals surface area contributed by atoms with Crippen LogP contribution in [0.1, 0.15) is 0 Å². The van der Waals surface area contributed by atoms with E-state index in [1.165, 1.54) is 18.2 Å². The third kappa shape index (κ3) is 5.74. The molecule has 0 aliphatic carbocycles. The summed E-state index contributed by atoms with van der Waals surface area (Å²) in [5, 5.41) is 8.51. The van der Waals surface area contributed by atoms with E-state index >= 15 is 0 Å². The van der Waals surface area contributed by atoms with Crippen LogP contribution in [0.4, 0.5) is 14.5 Å². The number of hydrogen-bond acceptors (Lipinski definition) is 5. The maximum absolute atomic E-state index is 13.7. The van der Waals surface area contributed by atoms with Crippen molar-refractivity contribution in [1.82, 2.24) is 0 Å². The molecule has 0 aliphatic rings. The molecule has 0 saturated heterocycles. The maximum atomic E-state index is 13.7. The molecule has 0 heterocycles. The summed E-state index contributed by atoms with van der Waals surface area (Å²) in [5.74, 6) is -3.29. The predicted molar refractivity (Wildman–Crippen MR) is 88.7 cm³/mol. The van der Waals surface area contributed by atoms with Crippen LogP contribution in [0.3, 0.4) is 0 Å². The van der Waals surface area contributed by atoms with Crippen LogP contribution in [0.25, 0.3) is 0 Å². The van der Waals surface area contributed by atoms with Gasteiger partial charge in [0, 0.05) is 12.1 Å². The fourth-order valence-corrected chi connectivity index (χ4v) is 2.36. The van der Waals surface area contributed by atoms with Crippen LogP contribution in [0.15, 0.2) is 48.7 Å². The Kier molecular flexibility index (Phi) is 5.78. The molecular weight excluding hydrogens is 372 g/mol. The predicted octanol–water partition coefficient (Wildman–Crippen LogP) is 3.11. The lowest BCUT2D eigenvalue weighted by atomic mass is 10.2. The number of anilines is 1. The maximum Gasteiger partial charge on any atom is 0.331 e. The number of ether oxygens (including phenoxy) is 2. The van der Waals surface area contributed by atoms with Crippen molar-refractivity contribution < 1.29 is 36.6 Å². The smallest absolute Gasteiger partial charge is 0.331 e. The van der Waals surface area contributed by atoms with Crippen LogP contribution in [0.5, 0.6) is 17.2 Å². The normalized spacial score (nSPS) is 11.3. The van der Waals surface area contributed by atoms with Gasteiger partial charge in [-0.2, -0.15) is 0 Å². The Hall–Kier alpha value is -3.14. The van der Waals surface area contributed by atoms with Crippen molar-refractivity contribution in [3.8, 4) is 17.2 Å². The van der Waals surface area contributed by atoms with E-state index in [2.05, 4.69) is 4.72 Å². The van der Waals surface area contributed by atoms with E-state index in [0.29, 0.717) is 6.07 Å². The van der Waals surface area contributed by atoms with E-state index < -0.39 is 27.6 Å². The number of nitrogens with one attached hydrogen (secondary N) is 1. The molecule has 138 valence electrons. The summed E-state index contributed by atoms with van der Waals surface area (Å²) in [5.41, 5.74) is -0.0857. The first kappa shape index (κ1) is 19.2. The van der Waals surface area contributed by atoms with Crippen molar-refractivity contribution in [2.45, 2.75) is 0 Å². The Morgan fingerprint density at radius 3 is 2.46 bits per heavy atom. The lowest BCUT2D eigenvalue weighted by Gasteiger charge is -2.14. The number of benzene rings is 2. The minimum atomic E-state index is -3.71. The molecule has 0 bridgehead atoms. The fourth-order valence-electron chi connectivity index (χ4n) is 1.80. The highest BCUT2D eigenvalue weighted by Gasteiger charge is 2.14. The molecule has 0 aromatic heterocycles. The van der Waals surface area contributed by atoms with Crippen LogP contribution in [0.2, 0.25) is 0 Å². The van der Waals surface area contributed by atoms with E-state index in [4.69, 9.17) is 14.6 Å². The van der Waals surface area contributed by atoms with Gasteiger partial charge in [0.1, 0.15) is 11.6 Å². The van der Waals surface area contributed by atoms with E-state index in [-0.39, 0.29) is 22.9 Å². The van der Waals surface area contributed by atoms with Gasteiger partial charge in [-0.1, -0.05) is 0 Å². The lowest BCUT2D eigenvalue weighted by molar-refractivity contribution is -0.131. The van der Waals surface area contributed by atoms with Gasteiger partial charge in [-0.15, -0.1) is 0 Å². The monoisotopic (exact) mass is 385 g/mol. The van der Waals surface area contributed by atoms with Crippen molar-refractivity contribution in [3.63, 3.8) is 0 Å². The molecule has 0 spiro atoms. The van der Waals surface area contributed by atoms with Gasteiger partial charge in [-0.05, 0) is 24.3 Å². The molecule has 2 N–H and O–H groups in total. The van der Waals surface area contributed by atoms with Crippen LogP contribution in [-0.4, -0.2) is 25.7 Å². The highest BCUT2D eigenvalue weighted by molar-refractivity contribution is 7.92. The Morgan fingerprint density at radius 2 is 1.85 bits per heavy atom. The number of carbonyl (C=O) groups is 1. The number of carboxylic acids is 1. The lowest BCUT2D eigenvalue weighted by Crippen LogP contribution is -2.10. The SMILES string of the molecule is CS(=O)(=O)Nc1cc(O/C=C/C(=O)O)ccc1Oc1ccc(F)cc1F. The van der Waals surface area contributed by atoms with Crippen LogP contribution in [0, 0.1) is 11.6 Å². The summed E-state index contributed by atoms with van der Waals surface area (Å²) in [6.45, 7) is 0. The number of aliphatic carboxylic acids is 1. The van der Waals surface area contributed by atoms with E-state index in [9.17, 15) is 22.0 Å². The van der Waals surface area contributed by atoms with Crippen molar-refractivity contribution in [2.24, 2.45) is 0 Å². The number of rotatable bonds is 7. The molecule has 2 aromatic carbocycles. The molecule has 10 heteroatoms. The van der Waals surface area contributed by atoms with Gasteiger partial charge in [-0.25, -0.2) is 22.0 Å². The van der Waals surface area contributed by atoms with E-state index in [1.54, 1.807) is 0 Å². The number of halogens is 2. The second-order valence-corrected chi connectivity index (χ2v) is 6.72. The van der Waals surface area contributed by atoms with Crippen molar-refractivity contribution in [1.29, 1.82) is 0 Å². The third-order valence-electron chi connectivity index (χ3n) is 2.77.